The molecule has 0 aliphatic carbocycles. The van der Waals surface area contributed by atoms with Gasteiger partial charge in [0.25, 0.3) is 0 Å². The van der Waals surface area contributed by atoms with Gasteiger partial charge in [-0.1, -0.05) is 57.9 Å². The second-order valence-corrected chi connectivity index (χ2v) is 8.10. The van der Waals surface area contributed by atoms with Crippen molar-refractivity contribution in [1.29, 1.82) is 0 Å². The van der Waals surface area contributed by atoms with Gasteiger partial charge in [0.15, 0.2) is 11.6 Å². The first-order chi connectivity index (χ1) is 12.1. The molecule has 0 N–H and O–H groups in total. The summed E-state index contributed by atoms with van der Waals surface area (Å²) in [5.74, 6) is -0.527. The number of hydrogen-bond acceptors (Lipinski definition) is 4. The van der Waals surface area contributed by atoms with E-state index in [9.17, 15) is 21.6 Å². The van der Waals surface area contributed by atoms with Crippen LogP contribution in [0.3, 0.4) is 0 Å². The summed E-state index contributed by atoms with van der Waals surface area (Å²) in [7, 11) is -5.73. The van der Waals surface area contributed by atoms with E-state index < -0.39 is 21.4 Å². The van der Waals surface area contributed by atoms with Gasteiger partial charge >= 0.3 is 15.5 Å². The van der Waals surface area contributed by atoms with Gasteiger partial charge in [0.1, 0.15) is 0 Å². The van der Waals surface area contributed by atoms with Crippen LogP contribution in [0.2, 0.25) is 0 Å². The Morgan fingerprint density at radius 2 is 1.50 bits per heavy atom. The van der Waals surface area contributed by atoms with Crippen molar-refractivity contribution in [3.05, 3.63) is 58.6 Å². The molecule has 1 aromatic heterocycles. The summed E-state index contributed by atoms with van der Waals surface area (Å²) in [6, 6.07) is 12.7. The third-order valence-electron chi connectivity index (χ3n) is 3.51. The third kappa shape index (κ3) is 3.38. The fraction of sp³-hybridized carbons (Fsp3) is 0.125. The zero-order valence-corrected chi connectivity index (χ0v) is 15.6. The summed E-state index contributed by atoms with van der Waals surface area (Å²) in [6.45, 7) is 1.84. The molecule has 26 heavy (non-hydrogen) atoms. The predicted octanol–water partition coefficient (Wildman–Crippen LogP) is 4.38. The summed E-state index contributed by atoms with van der Waals surface area (Å²) in [4.78, 5) is 4.05. The first kappa shape index (κ1) is 18.6. The van der Waals surface area contributed by atoms with E-state index in [1.54, 1.807) is 36.4 Å². The van der Waals surface area contributed by atoms with Gasteiger partial charge in [-0.15, -0.1) is 9.19 Å². The Morgan fingerprint density at radius 3 is 2.04 bits per heavy atom. The lowest BCUT2D eigenvalue weighted by atomic mass is 10.1. The molecule has 0 saturated heterocycles. The van der Waals surface area contributed by atoms with E-state index in [1.165, 1.54) is 12.1 Å². The van der Waals surface area contributed by atoms with Gasteiger partial charge in [-0.2, -0.15) is 21.6 Å². The monoisotopic (exact) mass is 445 g/mol. The van der Waals surface area contributed by atoms with Crippen molar-refractivity contribution >= 4 is 26.0 Å². The van der Waals surface area contributed by atoms with Crippen LogP contribution in [0.4, 0.5) is 13.2 Å². The molecule has 2 aromatic carbocycles. The average Bonchev–Trinajstić information content (AvgIpc) is 3.01. The average molecular weight is 446 g/mol. The summed E-state index contributed by atoms with van der Waals surface area (Å²) in [5, 5.41) is 3.63. The summed E-state index contributed by atoms with van der Waals surface area (Å²) < 4.78 is 63.7. The fourth-order valence-electron chi connectivity index (χ4n) is 2.16. The molecule has 136 valence electrons. The molecule has 0 unspecified atom stereocenters. The molecule has 0 amide bonds. The summed E-state index contributed by atoms with van der Waals surface area (Å²) in [5.41, 5.74) is -3.98. The van der Waals surface area contributed by atoms with Crippen LogP contribution in [0.15, 0.2) is 53.0 Å². The Labute approximate surface area is 155 Å². The normalized spacial score (nSPS) is 12.3. The van der Waals surface area contributed by atoms with Crippen molar-refractivity contribution in [2.24, 2.45) is 0 Å². The molecule has 0 aliphatic heterocycles. The molecule has 0 fully saturated rings. The highest BCUT2D eigenvalue weighted by atomic mass is 79.9. The van der Waals surface area contributed by atoms with Crippen molar-refractivity contribution < 1.29 is 21.6 Å². The SMILES string of the molecule is Cc1ccc(-c2nc(-c3ccc(Br)cc3)n(S(=O)(=O)C(F)(F)F)n2)cc1. The van der Waals surface area contributed by atoms with Crippen molar-refractivity contribution in [1.82, 2.24) is 14.2 Å². The molecule has 5 nitrogen and oxygen atoms in total. The molecule has 0 radical (unpaired) electrons. The van der Waals surface area contributed by atoms with Gasteiger partial charge < -0.3 is 0 Å². The number of aryl methyl sites for hydroxylation is 1. The van der Waals surface area contributed by atoms with E-state index in [0.717, 1.165) is 5.56 Å². The van der Waals surface area contributed by atoms with Gasteiger partial charge in [-0.05, 0) is 19.1 Å². The van der Waals surface area contributed by atoms with Crippen molar-refractivity contribution in [3.63, 3.8) is 0 Å². The van der Waals surface area contributed by atoms with Crippen LogP contribution < -0.4 is 0 Å². The lowest BCUT2D eigenvalue weighted by Crippen LogP contribution is -2.31. The van der Waals surface area contributed by atoms with E-state index in [0.29, 0.717) is 10.0 Å². The van der Waals surface area contributed by atoms with Crippen LogP contribution in [0.25, 0.3) is 22.8 Å². The first-order valence-corrected chi connectivity index (χ1v) is 9.45. The molecule has 0 aliphatic rings. The topological polar surface area (TPSA) is 64.8 Å². The number of halogens is 4. The molecule has 10 heteroatoms. The number of hydrogen-bond donors (Lipinski definition) is 0. The molecule has 0 atom stereocenters. The largest absolute Gasteiger partial charge is 0.518 e. The van der Waals surface area contributed by atoms with E-state index in [1.807, 2.05) is 6.92 Å². The second kappa shape index (κ2) is 6.51. The van der Waals surface area contributed by atoms with Crippen LogP contribution in [0.1, 0.15) is 5.56 Å². The maximum absolute atomic E-state index is 13.1. The Kier molecular flexibility index (Phi) is 4.65. The highest BCUT2D eigenvalue weighted by Crippen LogP contribution is 2.31. The van der Waals surface area contributed by atoms with Gasteiger partial charge in [0.05, 0.1) is 0 Å². The van der Waals surface area contributed by atoms with E-state index in [-0.39, 0.29) is 15.5 Å². The molecule has 0 saturated carbocycles. The summed E-state index contributed by atoms with van der Waals surface area (Å²) in [6.07, 6.45) is 0. The van der Waals surface area contributed by atoms with Crippen molar-refractivity contribution in [2.45, 2.75) is 12.4 Å². The third-order valence-corrected chi connectivity index (χ3v) is 5.33. The number of aromatic nitrogens is 3. The van der Waals surface area contributed by atoms with Crippen molar-refractivity contribution in [3.8, 4) is 22.8 Å². The molecule has 3 rings (SSSR count). The van der Waals surface area contributed by atoms with Gasteiger partial charge in [0, 0.05) is 15.6 Å². The first-order valence-electron chi connectivity index (χ1n) is 7.21. The molecular weight excluding hydrogens is 435 g/mol. The van der Waals surface area contributed by atoms with E-state index >= 15 is 0 Å². The molecule has 1 heterocycles. The van der Waals surface area contributed by atoms with Crippen LogP contribution in [-0.4, -0.2) is 28.1 Å². The Hall–Kier alpha value is -2.20. The highest BCUT2D eigenvalue weighted by Gasteiger charge is 2.49. The number of rotatable bonds is 3. The minimum Gasteiger partial charge on any atom is -0.206 e. The minimum atomic E-state index is -5.73. The van der Waals surface area contributed by atoms with Crippen molar-refractivity contribution in [2.75, 3.05) is 0 Å². The summed E-state index contributed by atoms with van der Waals surface area (Å²) >= 11 is 3.22. The van der Waals surface area contributed by atoms with Crippen LogP contribution in [-0.2, 0) is 10.0 Å². The highest BCUT2D eigenvalue weighted by molar-refractivity contribution is 9.10. The van der Waals surface area contributed by atoms with E-state index in [4.69, 9.17) is 0 Å². The Morgan fingerprint density at radius 1 is 0.962 bits per heavy atom. The molecule has 3 aromatic rings. The Balaban J connectivity index is 2.24. The Bertz CT molecular complexity index is 1040. The number of benzene rings is 2. The number of alkyl halides is 3. The molecule has 0 bridgehead atoms. The van der Waals surface area contributed by atoms with Gasteiger partial charge in [-0.25, -0.2) is 4.98 Å². The quantitative estimate of drug-likeness (QED) is 0.599. The maximum atomic E-state index is 13.1. The molecule has 0 spiro atoms. The maximum Gasteiger partial charge on any atom is 0.518 e. The zero-order valence-electron chi connectivity index (χ0n) is 13.2. The van der Waals surface area contributed by atoms with Gasteiger partial charge in [0.2, 0.25) is 0 Å². The zero-order chi connectivity index (χ0) is 19.1. The fourth-order valence-corrected chi connectivity index (χ4v) is 3.18. The number of nitrogens with zero attached hydrogens (tertiary/aromatic N) is 3. The standard InChI is InChI=1S/C16H11BrF3N3O2S/c1-10-2-4-11(5-3-10)14-21-15(12-6-8-13(17)9-7-12)23(22-14)26(24,25)16(18,19)20/h2-9H,1H3. The lowest BCUT2D eigenvalue weighted by molar-refractivity contribution is -0.0449. The minimum absolute atomic E-state index is 0.0641. The smallest absolute Gasteiger partial charge is 0.206 e. The lowest BCUT2D eigenvalue weighted by Gasteiger charge is -2.09. The van der Waals surface area contributed by atoms with Crippen LogP contribution >= 0.6 is 15.9 Å². The molecular formula is C16H11BrF3N3O2S. The second-order valence-electron chi connectivity index (χ2n) is 5.43. The van der Waals surface area contributed by atoms with Crippen LogP contribution in [0.5, 0.6) is 0 Å². The van der Waals surface area contributed by atoms with Gasteiger partial charge in [-0.3, -0.25) is 0 Å². The van der Waals surface area contributed by atoms with Crippen LogP contribution in [0, 0.1) is 6.92 Å². The predicted molar refractivity (Wildman–Crippen MR) is 93.7 cm³/mol. The van der Waals surface area contributed by atoms with E-state index in [2.05, 4.69) is 26.0 Å².